The molecule has 1 atom stereocenters. The standard InChI is InChI=1S/C19H27NO3/c1-14(2)15(3)13-17(21)20-11-9-19(10-12-20,18(22)23)16-7-5-4-6-8-16/h4-8,14-15H,9-13H2,1-3H3,(H,22,23)/t15-/m1/s1. The van der Waals surface area contributed by atoms with Gasteiger partial charge in [0.05, 0.1) is 5.41 Å². The lowest BCUT2D eigenvalue weighted by atomic mass is 9.72. The van der Waals surface area contributed by atoms with E-state index >= 15 is 0 Å². The molecule has 23 heavy (non-hydrogen) atoms. The number of hydrogen-bond acceptors (Lipinski definition) is 2. The number of carboxylic acids is 1. The normalized spacial score (nSPS) is 18.7. The predicted molar refractivity (Wildman–Crippen MR) is 90.2 cm³/mol. The fourth-order valence-electron chi connectivity index (χ4n) is 3.16. The summed E-state index contributed by atoms with van der Waals surface area (Å²) in [7, 11) is 0. The highest BCUT2D eigenvalue weighted by Gasteiger charge is 2.43. The van der Waals surface area contributed by atoms with Crippen molar-refractivity contribution in [1.29, 1.82) is 0 Å². The monoisotopic (exact) mass is 317 g/mol. The topological polar surface area (TPSA) is 57.6 Å². The average molecular weight is 317 g/mol. The number of aliphatic carboxylic acids is 1. The van der Waals surface area contributed by atoms with Crippen LogP contribution in [0.4, 0.5) is 0 Å². The van der Waals surface area contributed by atoms with Gasteiger partial charge in [0, 0.05) is 19.5 Å². The molecule has 0 spiro atoms. The second kappa shape index (κ2) is 7.16. The highest BCUT2D eigenvalue weighted by molar-refractivity contribution is 5.82. The van der Waals surface area contributed by atoms with Gasteiger partial charge in [-0.3, -0.25) is 9.59 Å². The van der Waals surface area contributed by atoms with Crippen molar-refractivity contribution >= 4 is 11.9 Å². The van der Waals surface area contributed by atoms with Gasteiger partial charge in [-0.25, -0.2) is 0 Å². The van der Waals surface area contributed by atoms with E-state index in [-0.39, 0.29) is 5.91 Å². The lowest BCUT2D eigenvalue weighted by Crippen LogP contribution is -2.49. The third kappa shape index (κ3) is 3.74. The van der Waals surface area contributed by atoms with Crippen LogP contribution in [0.1, 0.15) is 45.6 Å². The first-order valence-electron chi connectivity index (χ1n) is 8.43. The van der Waals surface area contributed by atoms with Gasteiger partial charge < -0.3 is 10.0 Å². The zero-order valence-electron chi connectivity index (χ0n) is 14.3. The summed E-state index contributed by atoms with van der Waals surface area (Å²) >= 11 is 0. The van der Waals surface area contributed by atoms with E-state index in [4.69, 9.17) is 0 Å². The fraction of sp³-hybridized carbons (Fsp3) is 0.579. The second-order valence-corrected chi connectivity index (χ2v) is 7.06. The molecule has 4 heteroatoms. The molecule has 0 aliphatic carbocycles. The quantitative estimate of drug-likeness (QED) is 0.906. The van der Waals surface area contributed by atoms with Gasteiger partial charge >= 0.3 is 5.97 Å². The molecule has 2 rings (SSSR count). The number of rotatable bonds is 5. The van der Waals surface area contributed by atoms with E-state index in [1.54, 1.807) is 0 Å². The van der Waals surface area contributed by atoms with Crippen molar-refractivity contribution < 1.29 is 14.7 Å². The lowest BCUT2D eigenvalue weighted by molar-refractivity contribution is -0.148. The molecule has 1 saturated heterocycles. The fourth-order valence-corrected chi connectivity index (χ4v) is 3.16. The third-order valence-electron chi connectivity index (χ3n) is 5.34. The van der Waals surface area contributed by atoms with E-state index in [0.29, 0.717) is 44.2 Å². The number of benzene rings is 1. The smallest absolute Gasteiger partial charge is 0.314 e. The molecule has 126 valence electrons. The number of carbonyl (C=O) groups excluding carboxylic acids is 1. The van der Waals surface area contributed by atoms with E-state index in [1.807, 2.05) is 35.2 Å². The van der Waals surface area contributed by atoms with Gasteiger partial charge in [0.15, 0.2) is 0 Å². The summed E-state index contributed by atoms with van der Waals surface area (Å²) in [5, 5.41) is 9.78. The molecule has 1 N–H and O–H groups in total. The maximum atomic E-state index is 12.4. The zero-order valence-corrected chi connectivity index (χ0v) is 14.3. The van der Waals surface area contributed by atoms with Gasteiger partial charge in [-0.2, -0.15) is 0 Å². The first-order valence-corrected chi connectivity index (χ1v) is 8.43. The van der Waals surface area contributed by atoms with Gasteiger partial charge in [0.2, 0.25) is 5.91 Å². The SMILES string of the molecule is CC(C)[C@H](C)CC(=O)N1CCC(C(=O)O)(c2ccccc2)CC1. The van der Waals surface area contributed by atoms with Crippen molar-refractivity contribution in [3.63, 3.8) is 0 Å². The summed E-state index contributed by atoms with van der Waals surface area (Å²) in [6.07, 6.45) is 1.51. The number of likely N-dealkylation sites (tertiary alicyclic amines) is 1. The van der Waals surface area contributed by atoms with Crippen molar-refractivity contribution in [1.82, 2.24) is 4.90 Å². The molecular formula is C19H27NO3. The molecule has 1 aliphatic rings. The van der Waals surface area contributed by atoms with Crippen LogP contribution in [-0.4, -0.2) is 35.0 Å². The first-order chi connectivity index (χ1) is 10.9. The lowest BCUT2D eigenvalue weighted by Gasteiger charge is -2.39. The molecule has 0 saturated carbocycles. The van der Waals surface area contributed by atoms with Crippen molar-refractivity contribution in [3.8, 4) is 0 Å². The van der Waals surface area contributed by atoms with Crippen LogP contribution >= 0.6 is 0 Å². The number of hydrogen-bond donors (Lipinski definition) is 1. The molecule has 1 aromatic rings. The molecular weight excluding hydrogens is 290 g/mol. The van der Waals surface area contributed by atoms with Gasteiger partial charge in [-0.15, -0.1) is 0 Å². The van der Waals surface area contributed by atoms with Crippen LogP contribution in [0.5, 0.6) is 0 Å². The Bertz CT molecular complexity index is 545. The van der Waals surface area contributed by atoms with E-state index < -0.39 is 11.4 Å². The first kappa shape index (κ1) is 17.5. The third-order valence-corrected chi connectivity index (χ3v) is 5.34. The van der Waals surface area contributed by atoms with E-state index in [0.717, 1.165) is 5.56 Å². The van der Waals surface area contributed by atoms with Crippen LogP contribution in [0.25, 0.3) is 0 Å². The van der Waals surface area contributed by atoms with Crippen LogP contribution < -0.4 is 0 Å². The summed E-state index contributed by atoms with van der Waals surface area (Å²) in [5.74, 6) is 0.193. The van der Waals surface area contributed by atoms with Gasteiger partial charge in [0.1, 0.15) is 0 Å². The summed E-state index contributed by atoms with van der Waals surface area (Å²) in [5.41, 5.74) is -0.0167. The van der Waals surface area contributed by atoms with E-state index in [1.165, 1.54) is 0 Å². The Kier molecular flexibility index (Phi) is 5.45. The molecule has 0 unspecified atom stereocenters. The molecule has 4 nitrogen and oxygen atoms in total. The number of piperidine rings is 1. The predicted octanol–water partition coefficient (Wildman–Crippen LogP) is 3.31. The minimum atomic E-state index is -0.859. The van der Waals surface area contributed by atoms with Crippen molar-refractivity contribution in [2.75, 3.05) is 13.1 Å². The highest BCUT2D eigenvalue weighted by atomic mass is 16.4. The number of nitrogens with zero attached hydrogens (tertiary/aromatic N) is 1. The maximum absolute atomic E-state index is 12.4. The molecule has 0 bridgehead atoms. The minimum Gasteiger partial charge on any atom is -0.481 e. The van der Waals surface area contributed by atoms with Crippen LogP contribution in [-0.2, 0) is 15.0 Å². The zero-order chi connectivity index (χ0) is 17.0. The van der Waals surface area contributed by atoms with Crippen molar-refractivity contribution in [3.05, 3.63) is 35.9 Å². The maximum Gasteiger partial charge on any atom is 0.314 e. The summed E-state index contributed by atoms with van der Waals surface area (Å²) in [4.78, 5) is 26.2. The van der Waals surface area contributed by atoms with Crippen molar-refractivity contribution in [2.24, 2.45) is 11.8 Å². The molecule has 1 amide bonds. The number of carbonyl (C=O) groups is 2. The van der Waals surface area contributed by atoms with Crippen molar-refractivity contribution in [2.45, 2.75) is 45.4 Å². The Morgan fingerprint density at radius 2 is 1.70 bits per heavy atom. The Morgan fingerprint density at radius 1 is 1.13 bits per heavy atom. The molecule has 0 aromatic heterocycles. The van der Waals surface area contributed by atoms with Crippen LogP contribution in [0, 0.1) is 11.8 Å². The summed E-state index contributed by atoms with van der Waals surface area (Å²) < 4.78 is 0. The average Bonchev–Trinajstić information content (AvgIpc) is 2.55. The Morgan fingerprint density at radius 3 is 2.17 bits per heavy atom. The second-order valence-electron chi connectivity index (χ2n) is 7.06. The molecule has 1 fully saturated rings. The Balaban J connectivity index is 2.06. The molecule has 1 aliphatic heterocycles. The Labute approximate surface area is 138 Å². The van der Waals surface area contributed by atoms with E-state index in [9.17, 15) is 14.7 Å². The van der Waals surface area contributed by atoms with E-state index in [2.05, 4.69) is 20.8 Å². The largest absolute Gasteiger partial charge is 0.481 e. The van der Waals surface area contributed by atoms with Crippen LogP contribution in [0.3, 0.4) is 0 Å². The minimum absolute atomic E-state index is 0.151. The summed E-state index contributed by atoms with van der Waals surface area (Å²) in [6.45, 7) is 7.38. The van der Waals surface area contributed by atoms with Crippen LogP contribution in [0.2, 0.25) is 0 Å². The molecule has 1 heterocycles. The highest BCUT2D eigenvalue weighted by Crippen LogP contribution is 2.36. The summed E-state index contributed by atoms with van der Waals surface area (Å²) in [6, 6.07) is 9.41. The van der Waals surface area contributed by atoms with Crippen LogP contribution in [0.15, 0.2) is 30.3 Å². The van der Waals surface area contributed by atoms with Gasteiger partial charge in [-0.05, 0) is 30.2 Å². The molecule has 1 aromatic carbocycles. The van der Waals surface area contributed by atoms with Gasteiger partial charge in [0.25, 0.3) is 0 Å². The molecule has 0 radical (unpaired) electrons. The van der Waals surface area contributed by atoms with Gasteiger partial charge in [-0.1, -0.05) is 51.1 Å². The number of amides is 1. The number of carboxylic acid groups (broad SMARTS) is 1. The Hall–Kier alpha value is -1.84.